The minimum atomic E-state index is 0.279. The Hall–Kier alpha value is -0.160. The van der Waals surface area contributed by atoms with Crippen LogP contribution in [0, 0.1) is 17.3 Å². The molecule has 124 valence electrons. The Bertz CT molecular complexity index is 308. The van der Waals surface area contributed by atoms with E-state index in [-0.39, 0.29) is 6.61 Å². The molecule has 1 saturated carbocycles. The standard InChI is InChI=1S/C17H35N3O/c1-17(2,3)15-5-4-14(13-18)16(12-15)20-8-6-19(7-9-20)10-11-21/h14-16,21H,4-13,18H2,1-3H3. The van der Waals surface area contributed by atoms with Crippen molar-refractivity contribution >= 4 is 0 Å². The van der Waals surface area contributed by atoms with Crippen LogP contribution in [0.2, 0.25) is 0 Å². The zero-order chi connectivity index (χ0) is 15.5. The van der Waals surface area contributed by atoms with Gasteiger partial charge >= 0.3 is 0 Å². The topological polar surface area (TPSA) is 52.7 Å². The fourth-order valence-corrected chi connectivity index (χ4v) is 4.18. The number of hydrogen-bond acceptors (Lipinski definition) is 4. The Morgan fingerprint density at radius 3 is 2.29 bits per heavy atom. The number of nitrogens with zero attached hydrogens (tertiary/aromatic N) is 2. The number of piperazine rings is 1. The van der Waals surface area contributed by atoms with Crippen molar-refractivity contribution in [2.45, 2.75) is 46.1 Å². The van der Waals surface area contributed by atoms with Crippen LogP contribution in [-0.4, -0.2) is 66.8 Å². The second-order valence-corrected chi connectivity index (χ2v) is 8.04. The quantitative estimate of drug-likeness (QED) is 0.823. The maximum absolute atomic E-state index is 9.07. The summed E-state index contributed by atoms with van der Waals surface area (Å²) < 4.78 is 0. The molecule has 4 heteroatoms. The maximum atomic E-state index is 9.07. The third-order valence-corrected chi connectivity index (χ3v) is 5.78. The molecule has 0 aromatic carbocycles. The zero-order valence-electron chi connectivity index (χ0n) is 14.2. The van der Waals surface area contributed by atoms with Crippen LogP contribution in [0.5, 0.6) is 0 Å². The second-order valence-electron chi connectivity index (χ2n) is 8.04. The van der Waals surface area contributed by atoms with Gasteiger partial charge in [0.2, 0.25) is 0 Å². The molecule has 3 unspecified atom stereocenters. The molecule has 0 radical (unpaired) electrons. The molecule has 2 fully saturated rings. The molecule has 3 atom stereocenters. The first-order valence-electron chi connectivity index (χ1n) is 8.73. The molecule has 2 aliphatic rings. The van der Waals surface area contributed by atoms with E-state index < -0.39 is 0 Å². The highest BCUT2D eigenvalue weighted by molar-refractivity contribution is 4.92. The molecule has 0 spiro atoms. The van der Waals surface area contributed by atoms with Crippen molar-refractivity contribution in [3.63, 3.8) is 0 Å². The van der Waals surface area contributed by atoms with Crippen LogP contribution in [0.4, 0.5) is 0 Å². The third-order valence-electron chi connectivity index (χ3n) is 5.78. The summed E-state index contributed by atoms with van der Waals surface area (Å²) in [6.07, 6.45) is 3.94. The lowest BCUT2D eigenvalue weighted by Gasteiger charge is -2.48. The van der Waals surface area contributed by atoms with E-state index in [0.717, 1.165) is 45.2 Å². The first kappa shape index (κ1) is 17.2. The highest BCUT2D eigenvalue weighted by atomic mass is 16.3. The van der Waals surface area contributed by atoms with Gasteiger partial charge < -0.3 is 10.8 Å². The average molecular weight is 297 g/mol. The van der Waals surface area contributed by atoms with Crippen LogP contribution >= 0.6 is 0 Å². The Balaban J connectivity index is 1.95. The molecule has 21 heavy (non-hydrogen) atoms. The zero-order valence-corrected chi connectivity index (χ0v) is 14.2. The van der Waals surface area contributed by atoms with E-state index in [9.17, 15) is 0 Å². The molecular formula is C17H35N3O. The van der Waals surface area contributed by atoms with Gasteiger partial charge in [-0.15, -0.1) is 0 Å². The van der Waals surface area contributed by atoms with Crippen molar-refractivity contribution in [2.24, 2.45) is 23.0 Å². The summed E-state index contributed by atoms with van der Waals surface area (Å²) >= 11 is 0. The molecule has 1 aliphatic heterocycles. The van der Waals surface area contributed by atoms with Gasteiger partial charge in [-0.1, -0.05) is 20.8 Å². The average Bonchev–Trinajstić information content (AvgIpc) is 2.47. The molecule has 3 N–H and O–H groups in total. The van der Waals surface area contributed by atoms with Crippen LogP contribution in [0.15, 0.2) is 0 Å². The Morgan fingerprint density at radius 2 is 1.76 bits per heavy atom. The van der Waals surface area contributed by atoms with E-state index in [1.807, 2.05) is 0 Å². The van der Waals surface area contributed by atoms with E-state index in [2.05, 4.69) is 30.6 Å². The Morgan fingerprint density at radius 1 is 1.10 bits per heavy atom. The summed E-state index contributed by atoms with van der Waals surface area (Å²) in [5, 5.41) is 9.07. The van der Waals surface area contributed by atoms with Crippen molar-refractivity contribution < 1.29 is 5.11 Å². The van der Waals surface area contributed by atoms with Crippen molar-refractivity contribution in [1.82, 2.24) is 9.80 Å². The van der Waals surface area contributed by atoms with Gasteiger partial charge in [0.05, 0.1) is 6.61 Å². The van der Waals surface area contributed by atoms with Crippen LogP contribution in [0.25, 0.3) is 0 Å². The molecule has 2 rings (SSSR count). The molecular weight excluding hydrogens is 262 g/mol. The summed E-state index contributed by atoms with van der Waals surface area (Å²) in [4.78, 5) is 5.06. The molecule has 1 saturated heterocycles. The van der Waals surface area contributed by atoms with Crippen molar-refractivity contribution in [1.29, 1.82) is 0 Å². The van der Waals surface area contributed by atoms with E-state index in [1.54, 1.807) is 0 Å². The van der Waals surface area contributed by atoms with Gasteiger partial charge in [-0.05, 0) is 43.1 Å². The summed E-state index contributed by atoms with van der Waals surface area (Å²) in [6.45, 7) is 13.5. The number of β-amino-alcohol motifs (C(OH)–C–C–N with tert-alkyl or cyclic N) is 1. The molecule has 0 amide bonds. The Kier molecular flexibility index (Phi) is 6.06. The van der Waals surface area contributed by atoms with Crippen molar-refractivity contribution in [3.05, 3.63) is 0 Å². The van der Waals surface area contributed by atoms with E-state index in [0.29, 0.717) is 17.4 Å². The molecule has 0 bridgehead atoms. The van der Waals surface area contributed by atoms with Gasteiger partial charge in [-0.25, -0.2) is 0 Å². The highest BCUT2D eigenvalue weighted by Crippen LogP contribution is 2.41. The highest BCUT2D eigenvalue weighted by Gasteiger charge is 2.38. The maximum Gasteiger partial charge on any atom is 0.0558 e. The number of aliphatic hydroxyl groups is 1. The lowest BCUT2D eigenvalue weighted by molar-refractivity contribution is 0.0132. The molecule has 1 aliphatic carbocycles. The lowest BCUT2D eigenvalue weighted by atomic mass is 9.67. The largest absolute Gasteiger partial charge is 0.395 e. The van der Waals surface area contributed by atoms with E-state index in [4.69, 9.17) is 10.8 Å². The SMILES string of the molecule is CC(C)(C)C1CCC(CN)C(N2CCN(CCO)CC2)C1. The molecule has 1 heterocycles. The normalized spacial score (nSPS) is 33.3. The predicted octanol–water partition coefficient (Wildman–Crippen LogP) is 1.39. The van der Waals surface area contributed by atoms with E-state index in [1.165, 1.54) is 19.3 Å². The minimum Gasteiger partial charge on any atom is -0.395 e. The number of rotatable bonds is 4. The summed E-state index contributed by atoms with van der Waals surface area (Å²) in [6, 6.07) is 0.671. The van der Waals surface area contributed by atoms with Gasteiger partial charge in [0.25, 0.3) is 0 Å². The molecule has 0 aromatic heterocycles. The summed E-state index contributed by atoms with van der Waals surface area (Å²) in [7, 11) is 0. The molecule has 4 nitrogen and oxygen atoms in total. The fraction of sp³-hybridized carbons (Fsp3) is 1.00. The van der Waals surface area contributed by atoms with E-state index >= 15 is 0 Å². The smallest absolute Gasteiger partial charge is 0.0558 e. The van der Waals surface area contributed by atoms with Crippen LogP contribution < -0.4 is 5.73 Å². The van der Waals surface area contributed by atoms with Gasteiger partial charge in [-0.2, -0.15) is 0 Å². The van der Waals surface area contributed by atoms with Gasteiger partial charge in [-0.3, -0.25) is 9.80 Å². The van der Waals surface area contributed by atoms with Crippen molar-refractivity contribution in [2.75, 3.05) is 45.9 Å². The fourth-order valence-electron chi connectivity index (χ4n) is 4.18. The second kappa shape index (κ2) is 7.40. The number of nitrogens with two attached hydrogens (primary N) is 1. The van der Waals surface area contributed by atoms with Crippen molar-refractivity contribution in [3.8, 4) is 0 Å². The lowest BCUT2D eigenvalue weighted by Crippen LogP contribution is -2.55. The number of hydrogen-bond donors (Lipinski definition) is 2. The first-order chi connectivity index (χ1) is 9.95. The van der Waals surface area contributed by atoms with Crippen LogP contribution in [-0.2, 0) is 0 Å². The first-order valence-corrected chi connectivity index (χ1v) is 8.73. The monoisotopic (exact) mass is 297 g/mol. The minimum absolute atomic E-state index is 0.279. The van der Waals surface area contributed by atoms with Crippen LogP contribution in [0.1, 0.15) is 40.0 Å². The number of aliphatic hydroxyl groups excluding tert-OH is 1. The molecule has 0 aromatic rings. The van der Waals surface area contributed by atoms with Gasteiger partial charge in [0.15, 0.2) is 0 Å². The van der Waals surface area contributed by atoms with Crippen LogP contribution in [0.3, 0.4) is 0 Å². The summed E-state index contributed by atoms with van der Waals surface area (Å²) in [5.74, 6) is 1.49. The predicted molar refractivity (Wildman–Crippen MR) is 88.2 cm³/mol. The van der Waals surface area contributed by atoms with Gasteiger partial charge in [0.1, 0.15) is 0 Å². The van der Waals surface area contributed by atoms with Gasteiger partial charge in [0, 0.05) is 38.8 Å². The third kappa shape index (κ3) is 4.41. The Labute approximate surface area is 130 Å². The summed E-state index contributed by atoms with van der Waals surface area (Å²) in [5.41, 5.74) is 6.47.